The van der Waals surface area contributed by atoms with E-state index in [4.69, 9.17) is 0 Å². The molecule has 4 aromatic rings. The minimum Gasteiger partial charge on any atom is -0.262 e. The molecule has 0 spiro atoms. The van der Waals surface area contributed by atoms with Crippen LogP contribution in [0.2, 0.25) is 0 Å². The zero-order chi connectivity index (χ0) is 21.4. The van der Waals surface area contributed by atoms with Crippen LogP contribution in [0.25, 0.3) is 22.3 Å². The fourth-order valence-corrected chi connectivity index (χ4v) is 4.86. The highest BCUT2D eigenvalue weighted by atomic mass is 19.1. The van der Waals surface area contributed by atoms with Gasteiger partial charge in [-0.05, 0) is 91.6 Å². The van der Waals surface area contributed by atoms with Gasteiger partial charge >= 0.3 is 0 Å². The van der Waals surface area contributed by atoms with E-state index in [-0.39, 0.29) is 17.6 Å². The number of rotatable bonds is 4. The average Bonchev–Trinajstić information content (AvgIpc) is 3.29. The van der Waals surface area contributed by atoms with Gasteiger partial charge in [-0.15, -0.1) is 0 Å². The Balaban J connectivity index is 1.29. The fourth-order valence-electron chi connectivity index (χ4n) is 4.86. The molecule has 31 heavy (non-hydrogen) atoms. The minimum absolute atomic E-state index is 0.216. The standard InChI is InChI=1S/C25H24F2N4/c1-15(24-29-25(31-30-24)18-6-8-19(26)9-7-18)16-2-4-17(5-3-16)21-12-13-28-23-11-10-20(27)14-22(21)23/h6-17H,2-5H2,1H3,(H,29,30,31)/t15-,16?,17?/m1/s1. The predicted molar refractivity (Wildman–Crippen MR) is 117 cm³/mol. The second-order valence-electron chi connectivity index (χ2n) is 8.51. The highest BCUT2D eigenvalue weighted by Gasteiger charge is 2.29. The summed E-state index contributed by atoms with van der Waals surface area (Å²) in [7, 11) is 0. The van der Waals surface area contributed by atoms with Crippen LogP contribution in [0.1, 0.15) is 55.8 Å². The van der Waals surface area contributed by atoms with E-state index in [2.05, 4.69) is 27.1 Å². The summed E-state index contributed by atoms with van der Waals surface area (Å²) in [6.07, 6.45) is 6.11. The van der Waals surface area contributed by atoms with E-state index in [0.29, 0.717) is 17.7 Å². The molecule has 0 aliphatic heterocycles. The number of aromatic amines is 1. The third kappa shape index (κ3) is 3.94. The summed E-state index contributed by atoms with van der Waals surface area (Å²) in [5, 5.41) is 8.35. The molecule has 2 aromatic heterocycles. The zero-order valence-corrected chi connectivity index (χ0v) is 17.4. The van der Waals surface area contributed by atoms with Crippen LogP contribution < -0.4 is 0 Å². The number of aromatic nitrogens is 4. The van der Waals surface area contributed by atoms with Gasteiger partial charge in [-0.2, -0.15) is 5.10 Å². The molecular weight excluding hydrogens is 394 g/mol. The van der Waals surface area contributed by atoms with Crippen molar-refractivity contribution in [3.63, 3.8) is 0 Å². The first-order valence-corrected chi connectivity index (χ1v) is 10.8. The Labute approximate surface area is 179 Å². The molecule has 4 nitrogen and oxygen atoms in total. The first kappa shape index (κ1) is 19.8. The van der Waals surface area contributed by atoms with Crippen molar-refractivity contribution in [1.82, 2.24) is 20.2 Å². The lowest BCUT2D eigenvalue weighted by atomic mass is 9.73. The van der Waals surface area contributed by atoms with Crippen LogP contribution in [0.4, 0.5) is 8.78 Å². The quantitative estimate of drug-likeness (QED) is 0.419. The number of nitrogens with zero attached hydrogens (tertiary/aromatic N) is 3. The summed E-state index contributed by atoms with van der Waals surface area (Å²) in [4.78, 5) is 9.06. The first-order valence-electron chi connectivity index (χ1n) is 10.8. The molecular formula is C25H24F2N4. The van der Waals surface area contributed by atoms with E-state index in [1.165, 1.54) is 23.8 Å². The van der Waals surface area contributed by atoms with Crippen molar-refractivity contribution in [2.45, 2.75) is 44.4 Å². The molecule has 1 saturated carbocycles. The molecule has 1 atom stereocenters. The lowest BCUT2D eigenvalue weighted by molar-refractivity contribution is 0.286. The first-order chi connectivity index (χ1) is 15.1. The number of pyridine rings is 1. The van der Waals surface area contributed by atoms with Gasteiger partial charge in [0.2, 0.25) is 0 Å². The second kappa shape index (κ2) is 8.17. The van der Waals surface area contributed by atoms with E-state index in [9.17, 15) is 8.78 Å². The summed E-state index contributed by atoms with van der Waals surface area (Å²) in [6.45, 7) is 2.19. The molecule has 0 amide bonds. The highest BCUT2D eigenvalue weighted by molar-refractivity contribution is 5.82. The molecule has 5 rings (SSSR count). The van der Waals surface area contributed by atoms with E-state index >= 15 is 0 Å². The number of fused-ring (bicyclic) bond motifs is 1. The number of benzene rings is 2. The largest absolute Gasteiger partial charge is 0.262 e. The van der Waals surface area contributed by atoms with Crippen LogP contribution in [0, 0.1) is 17.6 Å². The molecule has 2 heterocycles. The van der Waals surface area contributed by atoms with Crippen molar-refractivity contribution in [1.29, 1.82) is 0 Å². The van der Waals surface area contributed by atoms with Gasteiger partial charge in [-0.1, -0.05) is 6.92 Å². The summed E-state index contributed by atoms with van der Waals surface area (Å²) < 4.78 is 27.0. The molecule has 6 heteroatoms. The molecule has 1 aliphatic rings. The number of H-pyrrole nitrogens is 1. The van der Waals surface area contributed by atoms with Gasteiger partial charge in [0.05, 0.1) is 5.52 Å². The summed E-state index contributed by atoms with van der Waals surface area (Å²) in [5.74, 6) is 2.17. The second-order valence-corrected chi connectivity index (χ2v) is 8.51. The Hall–Kier alpha value is -3.15. The number of nitrogens with one attached hydrogen (secondary N) is 1. The maximum Gasteiger partial charge on any atom is 0.181 e. The third-order valence-electron chi connectivity index (χ3n) is 6.69. The third-order valence-corrected chi connectivity index (χ3v) is 6.69. The van der Waals surface area contributed by atoms with Gasteiger partial charge in [0.25, 0.3) is 0 Å². The molecule has 1 fully saturated rings. The Morgan fingerprint density at radius 1 is 0.935 bits per heavy atom. The topological polar surface area (TPSA) is 54.5 Å². The van der Waals surface area contributed by atoms with Crippen molar-refractivity contribution < 1.29 is 8.78 Å². The molecule has 0 unspecified atom stereocenters. The Bertz CT molecular complexity index is 1190. The molecule has 0 radical (unpaired) electrons. The van der Waals surface area contributed by atoms with Crippen LogP contribution in [-0.2, 0) is 0 Å². The van der Waals surface area contributed by atoms with Crippen LogP contribution >= 0.6 is 0 Å². The number of hydrogen-bond donors (Lipinski definition) is 1. The lowest BCUT2D eigenvalue weighted by Crippen LogP contribution is -2.19. The van der Waals surface area contributed by atoms with Gasteiger partial charge in [0.1, 0.15) is 17.5 Å². The van der Waals surface area contributed by atoms with Crippen molar-refractivity contribution in [2.24, 2.45) is 5.92 Å². The molecule has 1 aliphatic carbocycles. The zero-order valence-electron chi connectivity index (χ0n) is 17.4. The highest BCUT2D eigenvalue weighted by Crippen LogP contribution is 2.42. The smallest absolute Gasteiger partial charge is 0.181 e. The number of halogens is 2. The monoisotopic (exact) mass is 418 g/mol. The number of hydrogen-bond acceptors (Lipinski definition) is 3. The van der Waals surface area contributed by atoms with Gasteiger partial charge in [0.15, 0.2) is 5.82 Å². The summed E-state index contributed by atoms with van der Waals surface area (Å²) in [5.41, 5.74) is 2.86. The Morgan fingerprint density at radius 3 is 2.45 bits per heavy atom. The minimum atomic E-state index is -0.269. The van der Waals surface area contributed by atoms with Crippen LogP contribution in [-0.4, -0.2) is 20.2 Å². The summed E-state index contributed by atoms with van der Waals surface area (Å²) >= 11 is 0. The molecule has 1 N–H and O–H groups in total. The Kier molecular flexibility index (Phi) is 5.22. The van der Waals surface area contributed by atoms with Crippen LogP contribution in [0.3, 0.4) is 0 Å². The molecule has 158 valence electrons. The van der Waals surface area contributed by atoms with E-state index in [1.54, 1.807) is 24.3 Å². The van der Waals surface area contributed by atoms with Crippen molar-refractivity contribution in [2.75, 3.05) is 0 Å². The molecule has 0 saturated heterocycles. The van der Waals surface area contributed by atoms with Crippen molar-refractivity contribution in [3.05, 3.63) is 77.8 Å². The SMILES string of the molecule is C[C@@H](c1nc(-c2ccc(F)cc2)n[nH]1)C1CCC(c2ccnc3ccc(F)cc23)CC1. The maximum absolute atomic E-state index is 13.8. The van der Waals surface area contributed by atoms with Crippen molar-refractivity contribution >= 4 is 10.9 Å². The van der Waals surface area contributed by atoms with E-state index < -0.39 is 0 Å². The fraction of sp³-hybridized carbons (Fsp3) is 0.320. The maximum atomic E-state index is 13.8. The van der Waals surface area contributed by atoms with Gasteiger partial charge in [0, 0.05) is 23.1 Å². The lowest BCUT2D eigenvalue weighted by Gasteiger charge is -2.32. The van der Waals surface area contributed by atoms with E-state index in [1.807, 2.05) is 12.3 Å². The predicted octanol–water partition coefficient (Wildman–Crippen LogP) is 6.38. The van der Waals surface area contributed by atoms with Gasteiger partial charge < -0.3 is 0 Å². The molecule has 0 bridgehead atoms. The normalized spacial score (nSPS) is 20.1. The summed E-state index contributed by atoms with van der Waals surface area (Å²) in [6, 6.07) is 13.1. The molecule has 2 aromatic carbocycles. The van der Waals surface area contributed by atoms with Gasteiger partial charge in [-0.25, -0.2) is 13.8 Å². The van der Waals surface area contributed by atoms with Crippen LogP contribution in [0.5, 0.6) is 0 Å². The van der Waals surface area contributed by atoms with Crippen LogP contribution in [0.15, 0.2) is 54.7 Å². The van der Waals surface area contributed by atoms with E-state index in [0.717, 1.165) is 48.0 Å². The average molecular weight is 418 g/mol. The Morgan fingerprint density at radius 2 is 1.68 bits per heavy atom. The van der Waals surface area contributed by atoms with Gasteiger partial charge in [-0.3, -0.25) is 10.1 Å². The van der Waals surface area contributed by atoms with Crippen molar-refractivity contribution in [3.8, 4) is 11.4 Å².